The Kier molecular flexibility index (Phi) is 4.85. The first-order chi connectivity index (χ1) is 10.5. The minimum Gasteiger partial charge on any atom is -0.458 e. The summed E-state index contributed by atoms with van der Waals surface area (Å²) in [5.74, 6) is -1.04. The average molecular weight is 301 g/mol. The first-order valence-electron chi connectivity index (χ1n) is 6.63. The number of nitrogens with zero attached hydrogens (tertiary/aromatic N) is 1. The normalized spacial score (nSPS) is 13.1. The highest BCUT2D eigenvalue weighted by Gasteiger charge is 2.45. The van der Waals surface area contributed by atoms with Crippen molar-refractivity contribution in [3.63, 3.8) is 0 Å². The number of carbonyl (C=O) groups is 1. The van der Waals surface area contributed by atoms with Crippen molar-refractivity contribution in [1.29, 1.82) is 0 Å². The van der Waals surface area contributed by atoms with E-state index in [1.54, 1.807) is 42.5 Å². The molecule has 0 bridgehead atoms. The van der Waals surface area contributed by atoms with E-state index in [1.807, 2.05) is 6.07 Å². The molecule has 2 rings (SSSR count). The van der Waals surface area contributed by atoms with Crippen LogP contribution in [0.2, 0.25) is 0 Å². The number of rotatable bonds is 6. The number of ether oxygens (including phenoxy) is 1. The van der Waals surface area contributed by atoms with Crippen molar-refractivity contribution >= 4 is 5.97 Å². The maximum Gasteiger partial charge on any atom is 0.350 e. The van der Waals surface area contributed by atoms with Gasteiger partial charge in [0.05, 0.1) is 0 Å². The fourth-order valence-corrected chi connectivity index (χ4v) is 2.02. The fourth-order valence-electron chi connectivity index (χ4n) is 2.02. The van der Waals surface area contributed by atoms with Crippen LogP contribution >= 0.6 is 0 Å². The summed E-state index contributed by atoms with van der Waals surface area (Å²) in [7, 11) is 0. The van der Waals surface area contributed by atoms with Crippen LogP contribution in [0.1, 0.15) is 11.1 Å². The van der Waals surface area contributed by atoms with E-state index in [1.165, 1.54) is 12.1 Å². The van der Waals surface area contributed by atoms with Gasteiger partial charge in [0.15, 0.2) is 0 Å². The summed E-state index contributed by atoms with van der Waals surface area (Å²) < 4.78 is 5.06. The molecule has 0 saturated heterocycles. The lowest BCUT2D eigenvalue weighted by atomic mass is 9.94. The largest absolute Gasteiger partial charge is 0.458 e. The van der Waals surface area contributed by atoms with Crippen LogP contribution in [0.3, 0.4) is 0 Å². The minimum atomic E-state index is -2.31. The van der Waals surface area contributed by atoms with E-state index < -0.39 is 23.0 Å². The van der Waals surface area contributed by atoms with Crippen LogP contribution in [0.5, 0.6) is 0 Å². The van der Waals surface area contributed by atoms with Crippen LogP contribution in [0.25, 0.3) is 0 Å². The SMILES string of the molecule is O=C(OCc1ccccc1)C(O)(C[N+](=O)[O-])c1ccccc1. The lowest BCUT2D eigenvalue weighted by molar-refractivity contribution is -0.499. The molecule has 0 aliphatic heterocycles. The van der Waals surface area contributed by atoms with Gasteiger partial charge in [0, 0.05) is 10.5 Å². The van der Waals surface area contributed by atoms with Gasteiger partial charge in [-0.2, -0.15) is 0 Å². The van der Waals surface area contributed by atoms with Gasteiger partial charge in [0.2, 0.25) is 6.54 Å². The highest BCUT2D eigenvalue weighted by Crippen LogP contribution is 2.23. The van der Waals surface area contributed by atoms with Crippen molar-refractivity contribution in [1.82, 2.24) is 0 Å². The van der Waals surface area contributed by atoms with Crippen molar-refractivity contribution in [2.45, 2.75) is 12.2 Å². The summed E-state index contributed by atoms with van der Waals surface area (Å²) in [5.41, 5.74) is -1.45. The Morgan fingerprint density at radius 2 is 1.64 bits per heavy atom. The molecule has 6 nitrogen and oxygen atoms in total. The number of nitro groups is 1. The standard InChI is InChI=1S/C16H15NO5/c18-15(22-11-13-7-3-1-4-8-13)16(19,12-17(20)21)14-9-5-2-6-10-14/h1-10,19H,11-12H2. The Hall–Kier alpha value is -2.73. The summed E-state index contributed by atoms with van der Waals surface area (Å²) in [4.78, 5) is 22.3. The Balaban J connectivity index is 2.18. The smallest absolute Gasteiger partial charge is 0.350 e. The quantitative estimate of drug-likeness (QED) is 0.500. The second-order valence-electron chi connectivity index (χ2n) is 4.78. The average Bonchev–Trinajstić information content (AvgIpc) is 2.53. The van der Waals surface area contributed by atoms with Gasteiger partial charge in [-0.1, -0.05) is 60.7 Å². The molecule has 1 atom stereocenters. The fraction of sp³-hybridized carbons (Fsp3) is 0.188. The van der Waals surface area contributed by atoms with Crippen molar-refractivity contribution in [2.75, 3.05) is 6.54 Å². The molecular weight excluding hydrogens is 286 g/mol. The molecule has 1 unspecified atom stereocenters. The molecule has 0 heterocycles. The highest BCUT2D eigenvalue weighted by molar-refractivity contribution is 5.81. The van der Waals surface area contributed by atoms with Crippen molar-refractivity contribution in [3.8, 4) is 0 Å². The minimum absolute atomic E-state index is 0.0630. The van der Waals surface area contributed by atoms with E-state index in [4.69, 9.17) is 4.74 Å². The summed E-state index contributed by atoms with van der Waals surface area (Å²) in [6, 6.07) is 16.7. The van der Waals surface area contributed by atoms with Gasteiger partial charge in [-0.25, -0.2) is 4.79 Å². The zero-order chi connectivity index (χ0) is 16.0. The topological polar surface area (TPSA) is 89.7 Å². The lowest BCUT2D eigenvalue weighted by Crippen LogP contribution is -2.43. The Labute approximate surface area is 127 Å². The van der Waals surface area contributed by atoms with Crippen molar-refractivity contribution in [3.05, 3.63) is 81.9 Å². The van der Waals surface area contributed by atoms with E-state index in [0.717, 1.165) is 5.56 Å². The number of hydrogen-bond acceptors (Lipinski definition) is 5. The summed E-state index contributed by atoms with van der Waals surface area (Å²) in [5, 5.41) is 21.3. The third-order valence-electron chi connectivity index (χ3n) is 3.16. The molecular formula is C16H15NO5. The molecule has 0 fully saturated rings. The second-order valence-corrected chi connectivity index (χ2v) is 4.78. The Morgan fingerprint density at radius 1 is 1.09 bits per heavy atom. The first kappa shape index (κ1) is 15.7. The van der Waals surface area contributed by atoms with Crippen molar-refractivity contribution < 1.29 is 19.6 Å². The molecule has 0 radical (unpaired) electrons. The molecule has 0 spiro atoms. The lowest BCUT2D eigenvalue weighted by Gasteiger charge is -2.22. The van der Waals surface area contributed by atoms with Crippen LogP contribution in [0, 0.1) is 10.1 Å². The number of carbonyl (C=O) groups excluding carboxylic acids is 1. The van der Waals surface area contributed by atoms with Gasteiger partial charge in [-0.15, -0.1) is 0 Å². The van der Waals surface area contributed by atoms with Crippen LogP contribution < -0.4 is 0 Å². The zero-order valence-electron chi connectivity index (χ0n) is 11.7. The predicted octanol–water partition coefficient (Wildman–Crippen LogP) is 1.89. The summed E-state index contributed by atoms with van der Waals surface area (Å²) >= 11 is 0. The maximum absolute atomic E-state index is 12.2. The van der Waals surface area contributed by atoms with Gasteiger partial charge in [-0.3, -0.25) is 10.1 Å². The molecule has 22 heavy (non-hydrogen) atoms. The van der Waals surface area contributed by atoms with Crippen molar-refractivity contribution in [2.24, 2.45) is 0 Å². The molecule has 2 aromatic carbocycles. The number of benzene rings is 2. The molecule has 2 aromatic rings. The monoisotopic (exact) mass is 301 g/mol. The summed E-state index contributed by atoms with van der Waals surface area (Å²) in [6.07, 6.45) is 0. The molecule has 114 valence electrons. The molecule has 0 aliphatic carbocycles. The number of esters is 1. The van der Waals surface area contributed by atoms with Crippen LogP contribution in [-0.4, -0.2) is 22.5 Å². The Morgan fingerprint density at radius 3 is 2.18 bits per heavy atom. The van der Waals surface area contributed by atoms with E-state index in [2.05, 4.69) is 0 Å². The van der Waals surface area contributed by atoms with Crippen LogP contribution in [0.15, 0.2) is 60.7 Å². The molecule has 6 heteroatoms. The first-order valence-corrected chi connectivity index (χ1v) is 6.63. The molecule has 0 amide bonds. The second kappa shape index (κ2) is 6.82. The maximum atomic E-state index is 12.2. The van der Waals surface area contributed by atoms with Crippen LogP contribution in [-0.2, 0) is 21.7 Å². The van der Waals surface area contributed by atoms with Gasteiger partial charge >= 0.3 is 5.97 Å². The predicted molar refractivity (Wildman–Crippen MR) is 78.4 cm³/mol. The highest BCUT2D eigenvalue weighted by atomic mass is 16.6. The molecule has 1 N–H and O–H groups in total. The molecule has 0 saturated carbocycles. The van der Waals surface area contributed by atoms with Crippen LogP contribution in [0.4, 0.5) is 0 Å². The number of hydrogen-bond donors (Lipinski definition) is 1. The van der Waals surface area contributed by atoms with Gasteiger partial charge in [-0.05, 0) is 5.56 Å². The third-order valence-corrected chi connectivity index (χ3v) is 3.16. The summed E-state index contributed by atoms with van der Waals surface area (Å²) in [6.45, 7) is -1.02. The van der Waals surface area contributed by atoms with E-state index in [9.17, 15) is 20.0 Å². The molecule has 0 aliphatic rings. The zero-order valence-corrected chi connectivity index (χ0v) is 11.7. The van der Waals surface area contributed by atoms with E-state index in [-0.39, 0.29) is 12.2 Å². The Bertz CT molecular complexity index is 644. The third kappa shape index (κ3) is 3.67. The van der Waals surface area contributed by atoms with Gasteiger partial charge < -0.3 is 9.84 Å². The molecule has 0 aromatic heterocycles. The van der Waals surface area contributed by atoms with E-state index in [0.29, 0.717) is 0 Å². The number of aliphatic hydroxyl groups is 1. The van der Waals surface area contributed by atoms with Gasteiger partial charge in [0.1, 0.15) is 6.61 Å². The van der Waals surface area contributed by atoms with Gasteiger partial charge in [0.25, 0.3) is 5.60 Å². The van der Waals surface area contributed by atoms with E-state index >= 15 is 0 Å².